The first-order chi connectivity index (χ1) is 14.3. The normalized spacial score (nSPS) is 24.7. The van der Waals surface area contributed by atoms with Crippen LogP contribution in [0, 0.1) is 5.92 Å². The van der Waals surface area contributed by atoms with Gasteiger partial charge in [-0.2, -0.15) is 0 Å². The van der Waals surface area contributed by atoms with Crippen molar-refractivity contribution < 1.29 is 4.79 Å². The fraction of sp³-hybridized carbons (Fsp3) is 0.500. The summed E-state index contributed by atoms with van der Waals surface area (Å²) in [7, 11) is 0. The van der Waals surface area contributed by atoms with Gasteiger partial charge in [-0.1, -0.05) is 18.2 Å². The molecule has 0 radical (unpaired) electrons. The fourth-order valence-electron chi connectivity index (χ4n) is 5.35. The van der Waals surface area contributed by atoms with Crippen LogP contribution in [0.4, 0.5) is 5.69 Å². The van der Waals surface area contributed by atoms with E-state index in [0.717, 1.165) is 56.9 Å². The number of piperidine rings is 1. The SMILES string of the molecule is O=C(c1ccccc1N1CCCC1)N1C[C@H]2CC[C@@H]1CN(Cc1cccnc1)C2. The van der Waals surface area contributed by atoms with Gasteiger partial charge in [-0.3, -0.25) is 14.7 Å². The maximum absolute atomic E-state index is 13.7. The molecule has 1 aromatic carbocycles. The number of fused-ring (bicyclic) bond motifs is 4. The van der Waals surface area contributed by atoms with Crippen LogP contribution in [0.1, 0.15) is 41.6 Å². The van der Waals surface area contributed by atoms with Crippen molar-refractivity contribution in [3.05, 3.63) is 59.9 Å². The standard InChI is InChI=1S/C24H30N4O/c29-24(22-7-1-2-8-23(22)27-12-3-4-13-27)28-17-20-9-10-21(28)18-26(16-20)15-19-6-5-11-25-14-19/h1-2,5-8,11,14,20-21H,3-4,9-10,12-13,15-18H2/t20-,21+/m0/s1. The van der Waals surface area contributed by atoms with Crippen LogP contribution in [-0.4, -0.2) is 59.5 Å². The summed E-state index contributed by atoms with van der Waals surface area (Å²) in [6.45, 7) is 5.98. The lowest BCUT2D eigenvalue weighted by atomic mass is 9.94. The van der Waals surface area contributed by atoms with E-state index >= 15 is 0 Å². The van der Waals surface area contributed by atoms with Gasteiger partial charge in [0, 0.05) is 63.4 Å². The summed E-state index contributed by atoms with van der Waals surface area (Å²) in [6.07, 6.45) is 8.58. The zero-order chi connectivity index (χ0) is 19.6. The molecular formula is C24H30N4O. The first-order valence-corrected chi connectivity index (χ1v) is 11.0. The molecule has 2 aromatic rings. The molecule has 6 rings (SSSR count). The van der Waals surface area contributed by atoms with Crippen LogP contribution in [0.25, 0.3) is 0 Å². The van der Waals surface area contributed by atoms with Crippen molar-refractivity contribution in [2.45, 2.75) is 38.3 Å². The van der Waals surface area contributed by atoms with Crippen LogP contribution in [0.15, 0.2) is 48.8 Å². The van der Waals surface area contributed by atoms with E-state index in [9.17, 15) is 4.79 Å². The molecule has 5 heteroatoms. The van der Waals surface area contributed by atoms with Gasteiger partial charge in [0.1, 0.15) is 0 Å². The number of hydrogen-bond acceptors (Lipinski definition) is 4. The number of carbonyl (C=O) groups is 1. The van der Waals surface area contributed by atoms with E-state index in [1.807, 2.05) is 30.6 Å². The van der Waals surface area contributed by atoms with Gasteiger partial charge in [0.05, 0.1) is 5.56 Å². The highest BCUT2D eigenvalue weighted by molar-refractivity contribution is 6.00. The Hall–Kier alpha value is -2.40. The van der Waals surface area contributed by atoms with Crippen LogP contribution in [0.5, 0.6) is 0 Å². The highest BCUT2D eigenvalue weighted by Crippen LogP contribution is 2.32. The molecular weight excluding hydrogens is 360 g/mol. The van der Waals surface area contributed by atoms with E-state index in [4.69, 9.17) is 0 Å². The third kappa shape index (κ3) is 3.88. The molecule has 2 bridgehead atoms. The topological polar surface area (TPSA) is 39.7 Å². The van der Waals surface area contributed by atoms with Gasteiger partial charge in [-0.05, 0) is 55.4 Å². The molecule has 4 aliphatic rings. The second-order valence-corrected chi connectivity index (χ2v) is 8.82. The molecule has 2 atom stereocenters. The van der Waals surface area contributed by atoms with Gasteiger partial charge in [0.25, 0.3) is 5.91 Å². The molecule has 29 heavy (non-hydrogen) atoms. The second-order valence-electron chi connectivity index (χ2n) is 8.82. The third-order valence-electron chi connectivity index (χ3n) is 6.76. The maximum Gasteiger partial charge on any atom is 0.256 e. The molecule has 1 amide bonds. The Balaban J connectivity index is 1.35. The molecule has 152 valence electrons. The summed E-state index contributed by atoms with van der Waals surface area (Å²) in [5.74, 6) is 0.791. The average Bonchev–Trinajstić information content (AvgIpc) is 3.16. The lowest BCUT2D eigenvalue weighted by molar-refractivity contribution is 0.0585. The van der Waals surface area contributed by atoms with Crippen molar-refractivity contribution in [1.82, 2.24) is 14.8 Å². The predicted octanol–water partition coefficient (Wildman–Crippen LogP) is 3.42. The van der Waals surface area contributed by atoms with Crippen LogP contribution in [0.2, 0.25) is 0 Å². The van der Waals surface area contributed by atoms with E-state index in [1.54, 1.807) is 0 Å². The van der Waals surface area contributed by atoms with E-state index in [1.165, 1.54) is 24.8 Å². The molecule has 4 saturated heterocycles. The summed E-state index contributed by atoms with van der Waals surface area (Å²) in [6, 6.07) is 12.7. The number of anilines is 1. The summed E-state index contributed by atoms with van der Waals surface area (Å²) in [5, 5.41) is 0. The van der Waals surface area contributed by atoms with Crippen LogP contribution >= 0.6 is 0 Å². The number of aromatic nitrogens is 1. The molecule has 0 N–H and O–H groups in total. The van der Waals surface area contributed by atoms with Crippen molar-refractivity contribution in [1.29, 1.82) is 0 Å². The molecule has 0 saturated carbocycles. The second kappa shape index (κ2) is 8.15. The zero-order valence-corrected chi connectivity index (χ0v) is 17.0. The lowest BCUT2D eigenvalue weighted by Crippen LogP contribution is -2.47. The van der Waals surface area contributed by atoms with Gasteiger partial charge >= 0.3 is 0 Å². The van der Waals surface area contributed by atoms with E-state index < -0.39 is 0 Å². The molecule has 4 aliphatic heterocycles. The highest BCUT2D eigenvalue weighted by Gasteiger charge is 2.38. The Morgan fingerprint density at radius 3 is 2.69 bits per heavy atom. The van der Waals surface area contributed by atoms with Crippen LogP contribution < -0.4 is 4.90 Å². The smallest absolute Gasteiger partial charge is 0.256 e. The number of rotatable bonds is 4. The van der Waals surface area contributed by atoms with Gasteiger partial charge in [0.15, 0.2) is 0 Å². The van der Waals surface area contributed by atoms with Crippen molar-refractivity contribution >= 4 is 11.6 Å². The van der Waals surface area contributed by atoms with Crippen LogP contribution in [-0.2, 0) is 6.54 Å². The summed E-state index contributed by atoms with van der Waals surface area (Å²) in [5.41, 5.74) is 3.27. The Bertz CT molecular complexity index is 849. The van der Waals surface area contributed by atoms with Crippen LogP contribution in [0.3, 0.4) is 0 Å². The number of carbonyl (C=O) groups excluding carboxylic acids is 1. The van der Waals surface area contributed by atoms with Gasteiger partial charge in [0.2, 0.25) is 0 Å². The molecule has 5 nitrogen and oxygen atoms in total. The average molecular weight is 391 g/mol. The highest BCUT2D eigenvalue weighted by atomic mass is 16.2. The Labute approximate surface area is 173 Å². The number of hydrogen-bond donors (Lipinski definition) is 0. The number of benzene rings is 1. The van der Waals surface area contributed by atoms with E-state index in [-0.39, 0.29) is 5.91 Å². The lowest BCUT2D eigenvalue weighted by Gasteiger charge is -2.37. The van der Waals surface area contributed by atoms with Gasteiger partial charge in [-0.15, -0.1) is 0 Å². The minimum atomic E-state index is 0.227. The summed E-state index contributed by atoms with van der Waals surface area (Å²) >= 11 is 0. The summed E-state index contributed by atoms with van der Waals surface area (Å²) in [4.78, 5) is 25.0. The largest absolute Gasteiger partial charge is 0.371 e. The summed E-state index contributed by atoms with van der Waals surface area (Å²) < 4.78 is 0. The molecule has 4 fully saturated rings. The van der Waals surface area contributed by atoms with Crippen molar-refractivity contribution in [2.24, 2.45) is 5.92 Å². The first-order valence-electron chi connectivity index (χ1n) is 11.0. The number of para-hydroxylation sites is 1. The van der Waals surface area contributed by atoms with Gasteiger partial charge in [-0.25, -0.2) is 0 Å². The molecule has 0 aliphatic carbocycles. The predicted molar refractivity (Wildman–Crippen MR) is 115 cm³/mol. The third-order valence-corrected chi connectivity index (χ3v) is 6.76. The quantitative estimate of drug-likeness (QED) is 0.802. The zero-order valence-electron chi connectivity index (χ0n) is 17.0. The van der Waals surface area contributed by atoms with E-state index in [0.29, 0.717) is 12.0 Å². The number of amides is 1. The maximum atomic E-state index is 13.7. The Kier molecular flexibility index (Phi) is 5.23. The van der Waals surface area contributed by atoms with Gasteiger partial charge < -0.3 is 9.80 Å². The minimum Gasteiger partial charge on any atom is -0.371 e. The Morgan fingerprint density at radius 2 is 1.86 bits per heavy atom. The fourth-order valence-corrected chi connectivity index (χ4v) is 5.35. The molecule has 0 unspecified atom stereocenters. The van der Waals surface area contributed by atoms with Crippen molar-refractivity contribution in [2.75, 3.05) is 37.6 Å². The minimum absolute atomic E-state index is 0.227. The molecule has 0 spiro atoms. The molecule has 5 heterocycles. The number of pyridine rings is 1. The van der Waals surface area contributed by atoms with E-state index in [2.05, 4.69) is 37.9 Å². The van der Waals surface area contributed by atoms with Crippen molar-refractivity contribution in [3.8, 4) is 0 Å². The molecule has 1 aromatic heterocycles. The Morgan fingerprint density at radius 1 is 1.00 bits per heavy atom. The van der Waals surface area contributed by atoms with Crippen molar-refractivity contribution in [3.63, 3.8) is 0 Å². The first kappa shape index (κ1) is 18.6. The number of nitrogens with zero attached hydrogens (tertiary/aromatic N) is 4. The monoisotopic (exact) mass is 390 g/mol.